The summed E-state index contributed by atoms with van der Waals surface area (Å²) in [5.74, 6) is -0.861. The van der Waals surface area contributed by atoms with E-state index in [1.54, 1.807) is 4.90 Å². The van der Waals surface area contributed by atoms with Crippen LogP contribution in [0.4, 0.5) is 0 Å². The van der Waals surface area contributed by atoms with Crippen LogP contribution in [0.5, 0.6) is 0 Å². The normalized spacial score (nSPS) is 17.5. The van der Waals surface area contributed by atoms with Crippen LogP contribution in [-0.2, 0) is 20.7 Å². The Hall–Kier alpha value is -3.44. The zero-order valence-corrected chi connectivity index (χ0v) is 21.3. The van der Waals surface area contributed by atoms with Crippen LogP contribution in [0, 0.1) is 0 Å². The van der Waals surface area contributed by atoms with Crippen molar-refractivity contribution in [2.45, 2.75) is 43.7 Å². The molecule has 1 aliphatic heterocycles. The molecule has 5 heteroatoms. The molecule has 2 atom stereocenters. The van der Waals surface area contributed by atoms with Gasteiger partial charge in [-0.3, -0.25) is 4.79 Å². The SMILES string of the molecule is COC(=O)[C@@H]1C[C@H](N(C)CCCCc2ccccc2)CN1C(=O)C(c1ccccc1)c1ccccc1. The number of unbranched alkanes of at least 4 members (excludes halogenated alkanes) is 1. The summed E-state index contributed by atoms with van der Waals surface area (Å²) in [5.41, 5.74) is 3.21. The van der Waals surface area contributed by atoms with Gasteiger partial charge in [-0.05, 0) is 56.0 Å². The summed E-state index contributed by atoms with van der Waals surface area (Å²) in [5, 5.41) is 0. The molecule has 188 valence electrons. The quantitative estimate of drug-likeness (QED) is 0.303. The molecule has 36 heavy (non-hydrogen) atoms. The minimum atomic E-state index is -0.575. The number of likely N-dealkylation sites (N-methyl/N-ethyl adjacent to an activating group) is 1. The first-order valence-electron chi connectivity index (χ1n) is 12.8. The number of aryl methyl sites for hydroxylation is 1. The van der Waals surface area contributed by atoms with Crippen LogP contribution < -0.4 is 0 Å². The van der Waals surface area contributed by atoms with Crippen LogP contribution in [0.3, 0.4) is 0 Å². The second kappa shape index (κ2) is 12.5. The van der Waals surface area contributed by atoms with Crippen molar-refractivity contribution >= 4 is 11.9 Å². The summed E-state index contributed by atoms with van der Waals surface area (Å²) in [4.78, 5) is 30.9. The number of hydrogen-bond donors (Lipinski definition) is 0. The molecule has 0 bridgehead atoms. The Morgan fingerprint density at radius 3 is 2.00 bits per heavy atom. The summed E-state index contributed by atoms with van der Waals surface area (Å²) >= 11 is 0. The summed E-state index contributed by atoms with van der Waals surface area (Å²) in [6.07, 6.45) is 3.82. The molecular weight excluding hydrogens is 448 g/mol. The number of ether oxygens (including phenoxy) is 1. The molecule has 1 saturated heterocycles. The lowest BCUT2D eigenvalue weighted by atomic mass is 9.90. The van der Waals surface area contributed by atoms with Crippen LogP contribution in [0.15, 0.2) is 91.0 Å². The highest BCUT2D eigenvalue weighted by molar-refractivity contribution is 5.91. The minimum absolute atomic E-state index is 0.0530. The lowest BCUT2D eigenvalue weighted by molar-refractivity contribution is -0.151. The van der Waals surface area contributed by atoms with Gasteiger partial charge in [0.15, 0.2) is 0 Å². The highest BCUT2D eigenvalue weighted by Crippen LogP contribution is 2.32. The van der Waals surface area contributed by atoms with E-state index in [0.717, 1.165) is 36.9 Å². The minimum Gasteiger partial charge on any atom is -0.467 e. The maximum absolute atomic E-state index is 14.1. The van der Waals surface area contributed by atoms with Crippen molar-refractivity contribution in [3.05, 3.63) is 108 Å². The van der Waals surface area contributed by atoms with Gasteiger partial charge in [-0.1, -0.05) is 91.0 Å². The Bertz CT molecular complexity index is 1060. The van der Waals surface area contributed by atoms with Crippen LogP contribution in [0.2, 0.25) is 0 Å². The van der Waals surface area contributed by atoms with E-state index in [2.05, 4.69) is 36.2 Å². The third-order valence-corrected chi connectivity index (χ3v) is 7.24. The van der Waals surface area contributed by atoms with E-state index >= 15 is 0 Å². The number of methoxy groups -OCH3 is 1. The standard InChI is InChI=1S/C31H36N2O3/c1-32(21-13-12-16-24-14-6-3-7-15-24)27-22-28(31(35)36-2)33(23-27)30(34)29(25-17-8-4-9-18-25)26-19-10-5-11-20-26/h3-11,14-15,17-20,27-29H,12-13,16,21-23H2,1-2H3/t27-,28-/m0/s1. The van der Waals surface area contributed by atoms with Gasteiger partial charge in [0, 0.05) is 12.6 Å². The van der Waals surface area contributed by atoms with Crippen molar-refractivity contribution in [3.63, 3.8) is 0 Å². The van der Waals surface area contributed by atoms with Gasteiger partial charge in [0.2, 0.25) is 5.91 Å². The number of amides is 1. The van der Waals surface area contributed by atoms with Crippen molar-refractivity contribution in [1.29, 1.82) is 0 Å². The molecule has 0 unspecified atom stereocenters. The second-order valence-corrected chi connectivity index (χ2v) is 9.60. The third kappa shape index (κ3) is 6.21. The van der Waals surface area contributed by atoms with E-state index in [1.165, 1.54) is 12.7 Å². The van der Waals surface area contributed by atoms with Crippen LogP contribution >= 0.6 is 0 Å². The fourth-order valence-electron chi connectivity index (χ4n) is 5.19. The smallest absolute Gasteiger partial charge is 0.328 e. The number of hydrogen-bond acceptors (Lipinski definition) is 4. The Kier molecular flexibility index (Phi) is 8.90. The Labute approximate surface area is 214 Å². The highest BCUT2D eigenvalue weighted by atomic mass is 16.5. The third-order valence-electron chi connectivity index (χ3n) is 7.24. The molecular formula is C31H36N2O3. The van der Waals surface area contributed by atoms with Gasteiger partial charge in [0.05, 0.1) is 13.0 Å². The number of benzene rings is 3. The summed E-state index contributed by atoms with van der Waals surface area (Å²) < 4.78 is 5.13. The number of rotatable bonds is 10. The topological polar surface area (TPSA) is 49.9 Å². The fourth-order valence-corrected chi connectivity index (χ4v) is 5.19. The zero-order valence-electron chi connectivity index (χ0n) is 21.3. The summed E-state index contributed by atoms with van der Waals surface area (Å²) in [6, 6.07) is 29.7. The molecule has 3 aromatic rings. The lowest BCUT2D eigenvalue weighted by Crippen LogP contribution is -2.44. The van der Waals surface area contributed by atoms with Gasteiger partial charge in [-0.25, -0.2) is 4.79 Å². The van der Waals surface area contributed by atoms with Crippen molar-refractivity contribution in [3.8, 4) is 0 Å². The largest absolute Gasteiger partial charge is 0.467 e. The molecule has 1 amide bonds. The second-order valence-electron chi connectivity index (χ2n) is 9.60. The Morgan fingerprint density at radius 2 is 1.44 bits per heavy atom. The van der Waals surface area contributed by atoms with E-state index in [9.17, 15) is 9.59 Å². The lowest BCUT2D eigenvalue weighted by Gasteiger charge is -2.29. The fraction of sp³-hybridized carbons (Fsp3) is 0.355. The van der Waals surface area contributed by atoms with Gasteiger partial charge in [-0.2, -0.15) is 0 Å². The van der Waals surface area contributed by atoms with E-state index in [0.29, 0.717) is 13.0 Å². The van der Waals surface area contributed by atoms with Gasteiger partial charge < -0.3 is 14.5 Å². The number of carbonyl (C=O) groups is 2. The first kappa shape index (κ1) is 25.6. The molecule has 4 rings (SSSR count). The average molecular weight is 485 g/mol. The number of likely N-dealkylation sites (tertiary alicyclic amines) is 1. The van der Waals surface area contributed by atoms with Crippen molar-refractivity contribution < 1.29 is 14.3 Å². The van der Waals surface area contributed by atoms with E-state index in [1.807, 2.05) is 66.7 Å². The molecule has 0 aliphatic carbocycles. The van der Waals surface area contributed by atoms with Gasteiger partial charge in [-0.15, -0.1) is 0 Å². The maximum atomic E-state index is 14.1. The van der Waals surface area contributed by atoms with E-state index in [-0.39, 0.29) is 17.9 Å². The average Bonchev–Trinajstić information content (AvgIpc) is 3.38. The zero-order chi connectivity index (χ0) is 25.3. The van der Waals surface area contributed by atoms with Crippen LogP contribution in [0.1, 0.15) is 41.9 Å². The molecule has 0 spiro atoms. The molecule has 3 aromatic carbocycles. The summed E-state index contributed by atoms with van der Waals surface area (Å²) in [6.45, 7) is 1.44. The number of carbonyl (C=O) groups excluding carboxylic acids is 2. The molecule has 0 N–H and O–H groups in total. The van der Waals surface area contributed by atoms with Crippen molar-refractivity contribution in [2.75, 3.05) is 27.2 Å². The molecule has 0 saturated carbocycles. The van der Waals surface area contributed by atoms with Crippen molar-refractivity contribution in [2.24, 2.45) is 0 Å². The molecule has 1 fully saturated rings. The highest BCUT2D eigenvalue weighted by Gasteiger charge is 2.44. The Morgan fingerprint density at radius 1 is 0.889 bits per heavy atom. The molecule has 0 aromatic heterocycles. The van der Waals surface area contributed by atoms with Gasteiger partial charge in [0.25, 0.3) is 0 Å². The van der Waals surface area contributed by atoms with Crippen LogP contribution in [-0.4, -0.2) is 61.0 Å². The molecule has 1 heterocycles. The summed E-state index contributed by atoms with van der Waals surface area (Å²) in [7, 11) is 3.50. The maximum Gasteiger partial charge on any atom is 0.328 e. The van der Waals surface area contributed by atoms with Crippen LogP contribution in [0.25, 0.3) is 0 Å². The molecule has 1 aliphatic rings. The van der Waals surface area contributed by atoms with E-state index in [4.69, 9.17) is 4.74 Å². The molecule has 5 nitrogen and oxygen atoms in total. The van der Waals surface area contributed by atoms with Gasteiger partial charge in [0.1, 0.15) is 6.04 Å². The monoisotopic (exact) mass is 484 g/mol. The predicted octanol–water partition coefficient (Wildman–Crippen LogP) is 4.92. The first-order valence-corrected chi connectivity index (χ1v) is 12.8. The van der Waals surface area contributed by atoms with E-state index < -0.39 is 12.0 Å². The number of esters is 1. The Balaban J connectivity index is 1.47. The van der Waals surface area contributed by atoms with Crippen molar-refractivity contribution in [1.82, 2.24) is 9.80 Å². The number of nitrogens with zero attached hydrogens (tertiary/aromatic N) is 2. The molecule has 0 radical (unpaired) electrons. The van der Waals surface area contributed by atoms with Gasteiger partial charge >= 0.3 is 5.97 Å². The first-order chi connectivity index (χ1) is 17.6. The predicted molar refractivity (Wildman–Crippen MR) is 143 cm³/mol.